The second-order valence-corrected chi connectivity index (χ2v) is 5.09. The highest BCUT2D eigenvalue weighted by Crippen LogP contribution is 2.13. The van der Waals surface area contributed by atoms with Crippen molar-refractivity contribution in [3.8, 4) is 0 Å². The van der Waals surface area contributed by atoms with Crippen molar-refractivity contribution < 1.29 is 9.21 Å². The van der Waals surface area contributed by atoms with E-state index in [1.807, 2.05) is 0 Å². The number of amides is 1. The van der Waals surface area contributed by atoms with E-state index in [0.717, 1.165) is 39.1 Å². The van der Waals surface area contributed by atoms with Crippen LogP contribution >= 0.6 is 28.3 Å². The van der Waals surface area contributed by atoms with E-state index in [4.69, 9.17) is 4.42 Å². The van der Waals surface area contributed by atoms with E-state index in [1.54, 1.807) is 12.1 Å². The molecular weight excluding hydrogens is 334 g/mol. The predicted molar refractivity (Wildman–Crippen MR) is 79.9 cm³/mol. The van der Waals surface area contributed by atoms with Gasteiger partial charge in [0.25, 0.3) is 5.91 Å². The SMILES string of the molecule is Cl.O=C(NCCCN1CCNCC1)c1ccc(Br)o1. The van der Waals surface area contributed by atoms with Crippen LogP contribution in [-0.4, -0.2) is 50.1 Å². The Balaban J connectivity index is 0.00000180. The molecule has 1 aromatic rings. The molecule has 1 aliphatic heterocycles. The van der Waals surface area contributed by atoms with Gasteiger partial charge in [-0.25, -0.2) is 0 Å². The first-order chi connectivity index (χ1) is 8.75. The lowest BCUT2D eigenvalue weighted by molar-refractivity contribution is 0.0922. The van der Waals surface area contributed by atoms with Crippen molar-refractivity contribution in [2.45, 2.75) is 6.42 Å². The van der Waals surface area contributed by atoms with E-state index in [-0.39, 0.29) is 18.3 Å². The van der Waals surface area contributed by atoms with Gasteiger partial charge in [-0.3, -0.25) is 4.79 Å². The Hall–Kier alpha value is -0.560. The molecule has 1 amide bonds. The van der Waals surface area contributed by atoms with Gasteiger partial charge in [0.2, 0.25) is 0 Å². The fourth-order valence-corrected chi connectivity index (χ4v) is 2.27. The van der Waals surface area contributed by atoms with E-state index < -0.39 is 0 Å². The summed E-state index contributed by atoms with van der Waals surface area (Å²) in [4.78, 5) is 14.1. The molecule has 5 nitrogen and oxygen atoms in total. The third-order valence-corrected chi connectivity index (χ3v) is 3.37. The summed E-state index contributed by atoms with van der Waals surface area (Å²) in [5.41, 5.74) is 0. The van der Waals surface area contributed by atoms with Crippen LogP contribution in [0.1, 0.15) is 17.0 Å². The predicted octanol–water partition coefficient (Wildman–Crippen LogP) is 1.49. The Morgan fingerprint density at radius 3 is 2.79 bits per heavy atom. The Morgan fingerprint density at radius 2 is 2.16 bits per heavy atom. The van der Waals surface area contributed by atoms with E-state index in [1.165, 1.54) is 0 Å². The first-order valence-electron chi connectivity index (χ1n) is 6.22. The molecule has 108 valence electrons. The van der Waals surface area contributed by atoms with E-state index >= 15 is 0 Å². The van der Waals surface area contributed by atoms with Crippen LogP contribution in [0, 0.1) is 0 Å². The molecule has 0 aliphatic carbocycles. The second kappa shape index (κ2) is 8.58. The van der Waals surface area contributed by atoms with Crippen molar-refractivity contribution in [2.75, 3.05) is 39.3 Å². The van der Waals surface area contributed by atoms with Crippen molar-refractivity contribution in [3.63, 3.8) is 0 Å². The zero-order chi connectivity index (χ0) is 12.8. The summed E-state index contributed by atoms with van der Waals surface area (Å²) >= 11 is 3.18. The number of hydrogen-bond acceptors (Lipinski definition) is 4. The average Bonchev–Trinajstić information content (AvgIpc) is 2.82. The number of furan rings is 1. The van der Waals surface area contributed by atoms with Crippen molar-refractivity contribution >= 4 is 34.2 Å². The van der Waals surface area contributed by atoms with Crippen LogP contribution in [0.4, 0.5) is 0 Å². The van der Waals surface area contributed by atoms with E-state index in [0.29, 0.717) is 17.0 Å². The van der Waals surface area contributed by atoms with Gasteiger partial charge in [0.1, 0.15) is 0 Å². The summed E-state index contributed by atoms with van der Waals surface area (Å²) in [6.07, 6.45) is 0.966. The molecule has 0 unspecified atom stereocenters. The molecule has 1 saturated heterocycles. The first kappa shape index (κ1) is 16.5. The summed E-state index contributed by atoms with van der Waals surface area (Å²) in [6.45, 7) is 6.03. The van der Waals surface area contributed by atoms with Crippen LogP contribution < -0.4 is 10.6 Å². The molecule has 2 rings (SSSR count). The van der Waals surface area contributed by atoms with Crippen molar-refractivity contribution in [3.05, 3.63) is 22.6 Å². The van der Waals surface area contributed by atoms with Gasteiger partial charge in [0.05, 0.1) is 0 Å². The maximum Gasteiger partial charge on any atom is 0.287 e. The molecule has 0 radical (unpaired) electrons. The van der Waals surface area contributed by atoms with Gasteiger partial charge >= 0.3 is 0 Å². The number of carbonyl (C=O) groups excluding carboxylic acids is 1. The molecule has 0 atom stereocenters. The Morgan fingerprint density at radius 1 is 1.42 bits per heavy atom. The molecule has 2 N–H and O–H groups in total. The zero-order valence-electron chi connectivity index (χ0n) is 10.7. The van der Waals surface area contributed by atoms with Crippen LogP contribution in [0.5, 0.6) is 0 Å². The molecule has 1 aliphatic rings. The van der Waals surface area contributed by atoms with Crippen molar-refractivity contribution in [1.29, 1.82) is 0 Å². The fourth-order valence-electron chi connectivity index (χ4n) is 1.96. The van der Waals surface area contributed by atoms with Crippen LogP contribution in [0.25, 0.3) is 0 Å². The van der Waals surface area contributed by atoms with E-state index in [2.05, 4.69) is 31.5 Å². The van der Waals surface area contributed by atoms with Gasteiger partial charge in [-0.1, -0.05) is 0 Å². The minimum Gasteiger partial charge on any atom is -0.444 e. The topological polar surface area (TPSA) is 57.5 Å². The second-order valence-electron chi connectivity index (χ2n) is 4.30. The Kier molecular flexibility index (Phi) is 7.45. The number of hydrogen-bond donors (Lipinski definition) is 2. The molecule has 0 aromatic carbocycles. The third kappa shape index (κ3) is 5.52. The van der Waals surface area contributed by atoms with Crippen LogP contribution in [0.3, 0.4) is 0 Å². The molecule has 0 bridgehead atoms. The summed E-state index contributed by atoms with van der Waals surface area (Å²) < 4.78 is 5.76. The number of carbonyl (C=O) groups is 1. The largest absolute Gasteiger partial charge is 0.444 e. The standard InChI is InChI=1S/C12H18BrN3O2.ClH/c13-11-3-2-10(18-11)12(17)15-4-1-7-16-8-5-14-6-9-16;/h2-3,14H,1,4-9H2,(H,15,17);1H. The lowest BCUT2D eigenvalue weighted by atomic mass is 10.3. The number of rotatable bonds is 5. The highest BCUT2D eigenvalue weighted by molar-refractivity contribution is 9.10. The third-order valence-electron chi connectivity index (χ3n) is 2.94. The van der Waals surface area contributed by atoms with Crippen LogP contribution in [0.15, 0.2) is 21.2 Å². The van der Waals surface area contributed by atoms with Gasteiger partial charge in [-0.05, 0) is 41.0 Å². The Bertz CT molecular complexity index is 394. The smallest absolute Gasteiger partial charge is 0.287 e. The first-order valence-corrected chi connectivity index (χ1v) is 7.01. The summed E-state index contributed by atoms with van der Waals surface area (Å²) in [6, 6.07) is 3.38. The van der Waals surface area contributed by atoms with Gasteiger partial charge in [-0.2, -0.15) is 0 Å². The van der Waals surface area contributed by atoms with Gasteiger partial charge in [0, 0.05) is 32.7 Å². The molecular formula is C12H19BrClN3O2. The summed E-state index contributed by atoms with van der Waals surface area (Å²) in [5.74, 6) is 0.199. The van der Waals surface area contributed by atoms with Crippen LogP contribution in [0.2, 0.25) is 0 Å². The maximum atomic E-state index is 11.7. The summed E-state index contributed by atoms with van der Waals surface area (Å²) in [7, 11) is 0. The number of nitrogens with zero attached hydrogens (tertiary/aromatic N) is 1. The fraction of sp³-hybridized carbons (Fsp3) is 0.583. The molecule has 19 heavy (non-hydrogen) atoms. The number of nitrogens with one attached hydrogen (secondary N) is 2. The maximum absolute atomic E-state index is 11.7. The highest BCUT2D eigenvalue weighted by Gasteiger charge is 2.11. The normalized spacial score (nSPS) is 15.8. The lowest BCUT2D eigenvalue weighted by Gasteiger charge is -2.26. The molecule has 0 saturated carbocycles. The van der Waals surface area contributed by atoms with Gasteiger partial charge in [-0.15, -0.1) is 12.4 Å². The summed E-state index contributed by atoms with van der Waals surface area (Å²) in [5, 5.41) is 6.17. The minimum atomic E-state index is -0.152. The zero-order valence-corrected chi connectivity index (χ0v) is 13.1. The Labute approximate surface area is 127 Å². The number of piperazine rings is 1. The molecule has 1 fully saturated rings. The van der Waals surface area contributed by atoms with Crippen molar-refractivity contribution in [1.82, 2.24) is 15.5 Å². The monoisotopic (exact) mass is 351 g/mol. The minimum absolute atomic E-state index is 0. The quantitative estimate of drug-likeness (QED) is 0.788. The van der Waals surface area contributed by atoms with Crippen LogP contribution in [-0.2, 0) is 0 Å². The van der Waals surface area contributed by atoms with Gasteiger partial charge in [0.15, 0.2) is 10.4 Å². The molecule has 7 heteroatoms. The number of halogens is 2. The molecule has 2 heterocycles. The van der Waals surface area contributed by atoms with Gasteiger partial charge < -0.3 is 20.0 Å². The highest BCUT2D eigenvalue weighted by atomic mass is 79.9. The average molecular weight is 353 g/mol. The van der Waals surface area contributed by atoms with E-state index in [9.17, 15) is 4.79 Å². The van der Waals surface area contributed by atoms with Crippen molar-refractivity contribution in [2.24, 2.45) is 0 Å². The lowest BCUT2D eigenvalue weighted by Crippen LogP contribution is -2.44. The molecule has 0 spiro atoms. The molecule has 1 aromatic heterocycles.